The minimum atomic E-state index is -2.54. The van der Waals surface area contributed by atoms with Gasteiger partial charge in [0.2, 0.25) is 0 Å². The summed E-state index contributed by atoms with van der Waals surface area (Å²) in [7, 11) is -2.54. The second-order valence-corrected chi connectivity index (χ2v) is 36.8. The van der Waals surface area contributed by atoms with Gasteiger partial charge < -0.3 is 28.8 Å². The van der Waals surface area contributed by atoms with Gasteiger partial charge in [-0.05, 0) is 128 Å². The minimum absolute atomic E-state index is 0. The third-order valence-electron chi connectivity index (χ3n) is 18.4. The molecule has 0 aliphatic rings. The van der Waals surface area contributed by atoms with E-state index in [0.29, 0.717) is 56.2 Å². The smallest absolute Gasteiger partial charge is 0.267 e. The SMILES string of the molecule is CC(C)[Si](C[OH+]c1ccc(F)cc1-c1scc(-n2c3ccc(C(C)(C)C)cc3c3cc(C(C)(C)C)ccc32)c1O)(C[OH+]c1ccc(F)cc1-c1scc(-n2c3ccc(C(C)(C)C)cc3c3cc(C(C)(C)C)ccc32)c1O)C(C)C.[CH2-]c1ccccc1.[CH2-]c1ccccc1.[Hf]. The molecule has 488 valence electrons. The van der Waals surface area contributed by atoms with E-state index in [1.165, 1.54) is 69.2 Å². The molecule has 0 unspecified atom stereocenters. The van der Waals surface area contributed by atoms with Gasteiger partial charge in [-0.25, -0.2) is 8.78 Å². The molecule has 0 bridgehead atoms. The monoisotopic (exact) mass is 1480 g/mol. The minimum Gasteiger partial charge on any atom is -0.585 e. The van der Waals surface area contributed by atoms with E-state index in [4.69, 9.17) is 9.47 Å². The zero-order valence-corrected chi connectivity index (χ0v) is 63.8. The van der Waals surface area contributed by atoms with Crippen LogP contribution in [0.4, 0.5) is 8.78 Å². The maximum atomic E-state index is 15.6. The van der Waals surface area contributed by atoms with Gasteiger partial charge in [0.15, 0.2) is 24.0 Å². The molecule has 0 aliphatic heterocycles. The molecule has 0 radical (unpaired) electrons. The Morgan fingerprint density at radius 1 is 0.426 bits per heavy atom. The average Bonchev–Trinajstić information content (AvgIpc) is 1.58. The van der Waals surface area contributed by atoms with Gasteiger partial charge in [-0.1, -0.05) is 147 Å². The van der Waals surface area contributed by atoms with E-state index in [1.54, 1.807) is 12.1 Å². The van der Waals surface area contributed by atoms with Gasteiger partial charge in [-0.15, -0.1) is 46.9 Å². The van der Waals surface area contributed by atoms with Crippen LogP contribution in [0.3, 0.4) is 0 Å². The van der Waals surface area contributed by atoms with Gasteiger partial charge in [0.1, 0.15) is 11.6 Å². The predicted octanol–water partition coefficient (Wildman–Crippen LogP) is 23.5. The standard InChI is InChI=1S/C68H76F2N2O4S2Si.2C7H7.Hf/c1-39(2)79(40(3)4,37-75-59-27-21-45(69)33-51(59)63-61(73)57(35-77-63)71-53-23-17-41(65(5,6)7)29-47(53)48-30-42(66(8,9)10)18-24-54(48)71)38-76-60-28-22-46(70)34-52(60)64-62(74)58(36-78-64)72-55-25-19-43(67(11,12)13)31-49(55)50-32-44(68(14,15)16)20-26-56(50)72;2*1-7-5-3-2-4-6-7;/h17-36,39-40,73-74H,37-38H2,1-16H3;2*2-6H,1H2;/q;2*-1;/p+2. The summed E-state index contributed by atoms with van der Waals surface area (Å²) in [5.41, 5.74) is 13.5. The van der Waals surface area contributed by atoms with Crippen molar-refractivity contribution in [3.8, 4) is 55.3 Å². The second kappa shape index (κ2) is 27.8. The molecule has 12 rings (SSSR count). The number of thiophene rings is 2. The zero-order chi connectivity index (χ0) is 67.3. The Bertz CT molecular complexity index is 4210. The summed E-state index contributed by atoms with van der Waals surface area (Å²) in [4.78, 5) is 1.09. The molecule has 12 heteroatoms. The molecule has 0 fully saturated rings. The number of aromatic hydroxyl groups is 4. The van der Waals surface area contributed by atoms with E-state index in [-0.39, 0.29) is 70.1 Å². The molecule has 6 nitrogen and oxygen atoms in total. The molecular weight excluding hydrogens is 1390 g/mol. The molecule has 12 aromatic rings. The van der Waals surface area contributed by atoms with Crippen molar-refractivity contribution in [1.29, 1.82) is 0 Å². The van der Waals surface area contributed by atoms with Crippen molar-refractivity contribution in [2.75, 3.05) is 12.5 Å². The fraction of sp³-hybridized carbons (Fsp3) is 0.293. The first-order valence-electron chi connectivity index (χ1n) is 32.3. The zero-order valence-electron chi connectivity index (χ0n) is 57.6. The molecule has 4 N–H and O–H groups in total. The Morgan fingerprint density at radius 3 is 0.957 bits per heavy atom. The Labute approximate surface area is 584 Å². The summed E-state index contributed by atoms with van der Waals surface area (Å²) in [5.74, 6) is 0.515. The first-order valence-corrected chi connectivity index (χ1v) is 36.6. The van der Waals surface area contributed by atoms with E-state index < -0.39 is 19.7 Å². The fourth-order valence-corrected chi connectivity index (χ4v) is 18.1. The molecule has 4 aromatic heterocycles. The number of hydrogen-bond donors (Lipinski definition) is 2. The van der Waals surface area contributed by atoms with Gasteiger partial charge >= 0.3 is 0 Å². The molecule has 0 saturated carbocycles. The van der Waals surface area contributed by atoms with Gasteiger partial charge in [-0.3, -0.25) is 0 Å². The van der Waals surface area contributed by atoms with Gasteiger partial charge in [0.05, 0.1) is 54.3 Å². The quantitative estimate of drug-likeness (QED) is 0.0726. The molecule has 0 aliphatic carbocycles. The van der Waals surface area contributed by atoms with Crippen molar-refractivity contribution < 1.29 is 54.3 Å². The summed E-state index contributed by atoms with van der Waals surface area (Å²) < 4.78 is 46.1. The largest absolute Gasteiger partial charge is 0.585 e. The molecule has 94 heavy (non-hydrogen) atoms. The summed E-state index contributed by atoms with van der Waals surface area (Å²) in [5, 5.41) is 33.3. The number of hydrogen-bond acceptors (Lipinski definition) is 4. The normalized spacial score (nSPS) is 12.3. The van der Waals surface area contributed by atoms with Crippen molar-refractivity contribution in [1.82, 2.24) is 9.13 Å². The number of fused-ring (bicyclic) bond motifs is 6. The maximum absolute atomic E-state index is 15.6. The average molecular weight is 1480 g/mol. The number of halogens is 2. The van der Waals surface area contributed by atoms with E-state index in [2.05, 4.69) is 207 Å². The number of benzene rings is 8. The van der Waals surface area contributed by atoms with Gasteiger partial charge in [-0.2, -0.15) is 49.2 Å². The number of aliphatic hydroxyl groups is 2. The summed E-state index contributed by atoms with van der Waals surface area (Å²) in [6, 6.07) is 55.6. The predicted molar refractivity (Wildman–Crippen MR) is 397 cm³/mol. The van der Waals surface area contributed by atoms with Crippen LogP contribution in [-0.4, -0.2) is 49.4 Å². The summed E-state index contributed by atoms with van der Waals surface area (Å²) in [6.45, 7) is 43.1. The van der Waals surface area contributed by atoms with Crippen molar-refractivity contribution in [3.05, 3.63) is 239 Å². The van der Waals surface area contributed by atoms with Crippen LogP contribution in [0.25, 0.3) is 75.9 Å². The molecular formula is C82H92F2HfN2O4S2Si. The third-order valence-corrected chi connectivity index (χ3v) is 26.5. The molecule has 8 aromatic carbocycles. The Morgan fingerprint density at radius 2 is 0.713 bits per heavy atom. The van der Waals surface area contributed by atoms with Crippen LogP contribution < -0.4 is 0 Å². The Hall–Kier alpha value is -7.35. The number of ether oxygens (including phenoxy) is 2. The van der Waals surface area contributed by atoms with E-state index in [1.807, 2.05) is 71.4 Å². The number of rotatable bonds is 12. The molecule has 0 spiro atoms. The van der Waals surface area contributed by atoms with Crippen molar-refractivity contribution >= 4 is 74.4 Å². The van der Waals surface area contributed by atoms with E-state index >= 15 is 8.78 Å². The first-order chi connectivity index (χ1) is 43.8. The third kappa shape index (κ3) is 14.7. The first kappa shape index (κ1) is 71.0. The van der Waals surface area contributed by atoms with Crippen LogP contribution >= 0.6 is 22.7 Å². The van der Waals surface area contributed by atoms with Crippen LogP contribution in [0.1, 0.15) is 144 Å². The van der Waals surface area contributed by atoms with Gasteiger partial charge in [0, 0.05) is 70.3 Å². The van der Waals surface area contributed by atoms with Crippen molar-refractivity contribution in [3.63, 3.8) is 0 Å². The van der Waals surface area contributed by atoms with Gasteiger partial charge in [0.25, 0.3) is 19.6 Å². The number of nitrogens with zero attached hydrogens (tertiary/aromatic N) is 2. The second-order valence-electron chi connectivity index (χ2n) is 29.7. The molecule has 4 heterocycles. The van der Waals surface area contributed by atoms with Crippen LogP contribution in [0.5, 0.6) is 23.0 Å². The van der Waals surface area contributed by atoms with E-state index in [0.717, 1.165) is 54.7 Å². The Kier molecular flexibility index (Phi) is 21.0. The van der Waals surface area contributed by atoms with Crippen LogP contribution in [-0.2, 0) is 47.5 Å². The molecule has 0 saturated heterocycles. The van der Waals surface area contributed by atoms with Crippen molar-refractivity contribution in [2.45, 2.75) is 144 Å². The fourth-order valence-electron chi connectivity index (χ4n) is 12.3. The molecule has 0 amide bonds. The van der Waals surface area contributed by atoms with E-state index in [9.17, 15) is 10.2 Å². The Balaban J connectivity index is 0.000000615. The maximum Gasteiger partial charge on any atom is 0.267 e. The summed E-state index contributed by atoms with van der Waals surface area (Å²) in [6.07, 6.45) is 0.963. The van der Waals surface area contributed by atoms with Crippen LogP contribution in [0, 0.1) is 25.5 Å². The van der Waals surface area contributed by atoms with Crippen molar-refractivity contribution in [2.24, 2.45) is 0 Å². The van der Waals surface area contributed by atoms with Crippen LogP contribution in [0.2, 0.25) is 11.1 Å². The summed E-state index contributed by atoms with van der Waals surface area (Å²) >= 11 is 2.77. The molecule has 0 atom stereocenters. The van der Waals surface area contributed by atoms with Crippen LogP contribution in [0.15, 0.2) is 181 Å². The number of aromatic nitrogens is 2. The topological polar surface area (TPSA) is 75.9 Å².